The number of nitrogens with one attached hydrogen (secondary N) is 2. The van der Waals surface area contributed by atoms with Crippen LogP contribution in [0.25, 0.3) is 0 Å². The van der Waals surface area contributed by atoms with E-state index in [2.05, 4.69) is 24.5 Å². The Labute approximate surface area is 224 Å². The van der Waals surface area contributed by atoms with Crippen LogP contribution in [-0.2, 0) is 4.79 Å². The smallest absolute Gasteiger partial charge is 0.251 e. The Morgan fingerprint density at radius 2 is 1.21 bits per heavy atom. The molecule has 200 valence electrons. The number of carbonyl (C=O) groups is 2. The highest BCUT2D eigenvalue weighted by Gasteiger charge is 2.15. The summed E-state index contributed by atoms with van der Waals surface area (Å²) in [7, 11) is 0. The molecule has 3 aromatic rings. The quantitative estimate of drug-likeness (QED) is 0.191. The summed E-state index contributed by atoms with van der Waals surface area (Å²) in [5, 5.41) is 5.70. The first-order chi connectivity index (χ1) is 18.3. The highest BCUT2D eigenvalue weighted by Crippen LogP contribution is 2.30. The van der Waals surface area contributed by atoms with Crippen molar-refractivity contribution in [3.63, 3.8) is 0 Å². The Morgan fingerprint density at radius 3 is 1.74 bits per heavy atom. The van der Waals surface area contributed by atoms with Gasteiger partial charge in [-0.3, -0.25) is 9.59 Å². The molecule has 0 unspecified atom stereocenters. The second-order valence-electron chi connectivity index (χ2n) is 9.66. The second-order valence-corrected chi connectivity index (χ2v) is 9.66. The summed E-state index contributed by atoms with van der Waals surface area (Å²) in [4.78, 5) is 24.4. The van der Waals surface area contributed by atoms with E-state index in [1.807, 2.05) is 36.4 Å². The van der Waals surface area contributed by atoms with Crippen LogP contribution in [0.1, 0.15) is 78.4 Å². The summed E-state index contributed by atoms with van der Waals surface area (Å²) in [5.41, 5.74) is 3.74. The zero-order valence-corrected chi connectivity index (χ0v) is 22.1. The first kappa shape index (κ1) is 28.8. The Morgan fingerprint density at radius 1 is 0.711 bits per heavy atom. The molecule has 0 aliphatic heterocycles. The predicted octanol–water partition coefficient (Wildman–Crippen LogP) is 6.88. The van der Waals surface area contributed by atoms with Crippen molar-refractivity contribution in [3.8, 4) is 0 Å². The molecule has 0 spiro atoms. The van der Waals surface area contributed by atoms with E-state index in [9.17, 15) is 18.4 Å². The van der Waals surface area contributed by atoms with Crippen LogP contribution in [0, 0.1) is 11.6 Å². The summed E-state index contributed by atoms with van der Waals surface area (Å²) in [6.07, 6.45) is 6.31. The van der Waals surface area contributed by atoms with E-state index in [0.717, 1.165) is 24.0 Å². The summed E-state index contributed by atoms with van der Waals surface area (Å²) in [5.74, 6) is -0.333. The van der Waals surface area contributed by atoms with Gasteiger partial charge in [0.2, 0.25) is 5.91 Å². The molecule has 0 aliphatic carbocycles. The van der Waals surface area contributed by atoms with Crippen molar-refractivity contribution in [2.75, 3.05) is 13.1 Å². The molecule has 0 atom stereocenters. The third-order valence-electron chi connectivity index (χ3n) is 6.50. The lowest BCUT2D eigenvalue weighted by Crippen LogP contribution is -2.25. The van der Waals surface area contributed by atoms with Crippen molar-refractivity contribution >= 4 is 11.8 Å². The van der Waals surface area contributed by atoms with E-state index in [-0.39, 0.29) is 29.4 Å². The average Bonchev–Trinajstić information content (AvgIpc) is 2.92. The normalized spacial score (nSPS) is 11.3. The average molecular weight is 519 g/mol. The van der Waals surface area contributed by atoms with Gasteiger partial charge in [0.15, 0.2) is 0 Å². The van der Waals surface area contributed by atoms with Gasteiger partial charge >= 0.3 is 0 Å². The maximum Gasteiger partial charge on any atom is 0.251 e. The van der Waals surface area contributed by atoms with Gasteiger partial charge in [0, 0.05) is 31.0 Å². The van der Waals surface area contributed by atoms with Gasteiger partial charge in [0.25, 0.3) is 5.91 Å². The maximum absolute atomic E-state index is 13.4. The van der Waals surface area contributed by atoms with Crippen LogP contribution in [0.15, 0.2) is 84.9 Å². The molecule has 2 N–H and O–H groups in total. The Bertz CT molecular complexity index is 1140. The molecule has 3 rings (SSSR count). The molecular weight excluding hydrogens is 482 g/mol. The molecule has 0 heterocycles. The molecule has 0 aliphatic rings. The summed E-state index contributed by atoms with van der Waals surface area (Å²) in [6, 6.07) is 20.4. The molecule has 38 heavy (non-hydrogen) atoms. The second kappa shape index (κ2) is 14.8. The van der Waals surface area contributed by atoms with Gasteiger partial charge in [-0.1, -0.05) is 68.8 Å². The molecule has 3 aromatic carbocycles. The number of rotatable bonds is 13. The molecule has 0 fully saturated rings. The van der Waals surface area contributed by atoms with Crippen LogP contribution in [0.3, 0.4) is 0 Å². The van der Waals surface area contributed by atoms with Gasteiger partial charge in [-0.25, -0.2) is 8.78 Å². The lowest BCUT2D eigenvalue weighted by atomic mass is 9.87. The Kier molecular flexibility index (Phi) is 11.2. The number of hydrogen-bond acceptors (Lipinski definition) is 2. The summed E-state index contributed by atoms with van der Waals surface area (Å²) < 4.78 is 26.8. The number of unbranched alkanes of at least 4 members (excludes halogenated alkanes) is 1. The fraction of sp³-hybridized carbons (Fsp3) is 0.312. The number of benzene rings is 3. The topological polar surface area (TPSA) is 58.2 Å². The van der Waals surface area contributed by atoms with Crippen molar-refractivity contribution in [3.05, 3.63) is 119 Å². The molecule has 6 heteroatoms. The predicted molar refractivity (Wildman–Crippen MR) is 148 cm³/mol. The lowest BCUT2D eigenvalue weighted by molar-refractivity contribution is -0.121. The zero-order valence-electron chi connectivity index (χ0n) is 22.1. The summed E-state index contributed by atoms with van der Waals surface area (Å²) in [6.45, 7) is 5.00. The Balaban J connectivity index is 1.35. The minimum Gasteiger partial charge on any atom is -0.353 e. The van der Waals surface area contributed by atoms with Gasteiger partial charge in [0.05, 0.1) is 0 Å². The van der Waals surface area contributed by atoms with E-state index >= 15 is 0 Å². The third kappa shape index (κ3) is 9.25. The van der Waals surface area contributed by atoms with Crippen molar-refractivity contribution in [1.82, 2.24) is 10.6 Å². The van der Waals surface area contributed by atoms with Crippen LogP contribution in [-0.4, -0.2) is 24.9 Å². The number of halogens is 2. The van der Waals surface area contributed by atoms with Crippen LogP contribution in [0.2, 0.25) is 0 Å². The largest absolute Gasteiger partial charge is 0.353 e. The first-order valence-corrected chi connectivity index (χ1v) is 13.1. The van der Waals surface area contributed by atoms with E-state index in [1.54, 1.807) is 24.3 Å². The standard InChI is InChI=1S/C32H36F2N2O2/c1-23(2)24-9-11-27(12-10-24)32(38)36-22-6-5-21-35-31(37)8-4-3-7-30(25-13-17-28(33)18-14-25)26-15-19-29(34)20-16-26/h5-6,9-20,23,30H,3-4,7-8,21-22H2,1-2H3,(H,35,37)(H,36,38)/b6-5-. The maximum atomic E-state index is 13.4. The fourth-order valence-electron chi connectivity index (χ4n) is 4.25. The monoisotopic (exact) mass is 518 g/mol. The van der Waals surface area contributed by atoms with Crippen LogP contribution in [0.5, 0.6) is 0 Å². The van der Waals surface area contributed by atoms with Crippen LogP contribution in [0.4, 0.5) is 8.78 Å². The van der Waals surface area contributed by atoms with Crippen LogP contribution < -0.4 is 10.6 Å². The van der Waals surface area contributed by atoms with Gasteiger partial charge < -0.3 is 10.6 Å². The minimum absolute atomic E-state index is 0.00514. The third-order valence-corrected chi connectivity index (χ3v) is 6.50. The fourth-order valence-corrected chi connectivity index (χ4v) is 4.25. The highest BCUT2D eigenvalue weighted by molar-refractivity contribution is 5.94. The van der Waals surface area contributed by atoms with E-state index < -0.39 is 0 Å². The number of amides is 2. The van der Waals surface area contributed by atoms with E-state index in [0.29, 0.717) is 37.4 Å². The van der Waals surface area contributed by atoms with Crippen molar-refractivity contribution < 1.29 is 18.4 Å². The molecule has 0 bridgehead atoms. The molecule has 0 saturated carbocycles. The van der Waals surface area contributed by atoms with Gasteiger partial charge in [-0.2, -0.15) is 0 Å². The number of hydrogen-bond donors (Lipinski definition) is 2. The van der Waals surface area contributed by atoms with Gasteiger partial charge in [-0.15, -0.1) is 0 Å². The van der Waals surface area contributed by atoms with Gasteiger partial charge in [-0.05, 0) is 71.8 Å². The van der Waals surface area contributed by atoms with E-state index in [4.69, 9.17) is 0 Å². The number of carbonyl (C=O) groups excluding carboxylic acids is 2. The molecule has 2 amide bonds. The van der Waals surface area contributed by atoms with Crippen molar-refractivity contribution in [1.29, 1.82) is 0 Å². The van der Waals surface area contributed by atoms with Gasteiger partial charge in [0.1, 0.15) is 11.6 Å². The zero-order chi connectivity index (χ0) is 27.3. The molecule has 0 radical (unpaired) electrons. The Hall–Kier alpha value is -3.80. The van der Waals surface area contributed by atoms with Crippen molar-refractivity contribution in [2.24, 2.45) is 0 Å². The summed E-state index contributed by atoms with van der Waals surface area (Å²) >= 11 is 0. The highest BCUT2D eigenvalue weighted by atomic mass is 19.1. The lowest BCUT2D eigenvalue weighted by Gasteiger charge is -2.18. The first-order valence-electron chi connectivity index (χ1n) is 13.1. The minimum atomic E-state index is -0.295. The SMILES string of the molecule is CC(C)c1ccc(C(=O)NC/C=C\CNC(=O)CCCCC(c2ccc(F)cc2)c2ccc(F)cc2)cc1. The molecule has 0 saturated heterocycles. The van der Waals surface area contributed by atoms with Crippen LogP contribution >= 0.6 is 0 Å². The molecule has 0 aromatic heterocycles. The van der Waals surface area contributed by atoms with E-state index in [1.165, 1.54) is 29.8 Å². The van der Waals surface area contributed by atoms with Crippen molar-refractivity contribution in [2.45, 2.75) is 51.4 Å². The molecule has 4 nitrogen and oxygen atoms in total. The molecular formula is C32H36F2N2O2.